The van der Waals surface area contributed by atoms with Crippen molar-refractivity contribution in [3.63, 3.8) is 0 Å². The first-order valence-electron chi connectivity index (χ1n) is 16.8. The van der Waals surface area contributed by atoms with Gasteiger partial charge in [0.15, 0.2) is 0 Å². The molecule has 4 heterocycles. The van der Waals surface area contributed by atoms with Crippen LogP contribution in [0.15, 0.2) is 54.6 Å². The minimum Gasteiger partial charge on any atom is -0.489 e. The molecule has 2 N–H and O–H groups in total. The number of aromatic nitrogens is 2. The largest absolute Gasteiger partial charge is 0.489 e. The van der Waals surface area contributed by atoms with Crippen LogP contribution in [-0.2, 0) is 18.4 Å². The summed E-state index contributed by atoms with van der Waals surface area (Å²) in [6, 6.07) is 18.5. The van der Waals surface area contributed by atoms with Crippen molar-refractivity contribution >= 4 is 28.2 Å². The van der Waals surface area contributed by atoms with Crippen molar-refractivity contribution in [2.75, 3.05) is 49.3 Å². The number of aliphatic hydroxyl groups excluding tert-OH is 2. The summed E-state index contributed by atoms with van der Waals surface area (Å²) in [5, 5.41) is 21.1. The number of pyridine rings is 1. The van der Waals surface area contributed by atoms with Gasteiger partial charge in [-0.1, -0.05) is 19.3 Å². The van der Waals surface area contributed by atoms with Crippen LogP contribution in [0.2, 0.25) is 0 Å². The molecule has 4 aromatic rings. The highest BCUT2D eigenvalue weighted by Gasteiger charge is 2.27. The molecule has 2 aliphatic heterocycles. The quantitative estimate of drug-likeness (QED) is 0.226. The molecule has 0 bridgehead atoms. The summed E-state index contributed by atoms with van der Waals surface area (Å²) in [7, 11) is 2.02. The number of morpholine rings is 1. The molecule has 2 aromatic heterocycles. The number of ketones is 1. The van der Waals surface area contributed by atoms with Crippen molar-refractivity contribution in [1.29, 1.82) is 0 Å². The summed E-state index contributed by atoms with van der Waals surface area (Å²) < 4.78 is 14.1. The Morgan fingerprint density at radius 3 is 2.46 bits per heavy atom. The van der Waals surface area contributed by atoms with E-state index in [1.54, 1.807) is 6.07 Å². The van der Waals surface area contributed by atoms with E-state index >= 15 is 0 Å². The number of rotatable bonds is 9. The molecule has 9 heteroatoms. The first-order valence-corrected chi connectivity index (χ1v) is 16.8. The van der Waals surface area contributed by atoms with E-state index in [1.807, 2.05) is 25.2 Å². The number of fused-ring (bicyclic) bond motifs is 1. The maximum absolute atomic E-state index is 12.3. The lowest BCUT2D eigenvalue weighted by Gasteiger charge is -2.32. The second-order valence-electron chi connectivity index (χ2n) is 12.8. The molecule has 0 spiro atoms. The predicted molar refractivity (Wildman–Crippen MR) is 180 cm³/mol. The van der Waals surface area contributed by atoms with E-state index in [2.05, 4.69) is 44.7 Å². The number of benzene rings is 2. The highest BCUT2D eigenvalue weighted by atomic mass is 16.5. The van der Waals surface area contributed by atoms with Gasteiger partial charge in [0.2, 0.25) is 5.78 Å². The summed E-state index contributed by atoms with van der Waals surface area (Å²) in [6.45, 7) is 3.81. The van der Waals surface area contributed by atoms with Gasteiger partial charge in [-0.3, -0.25) is 4.79 Å². The second kappa shape index (κ2) is 13.4. The van der Waals surface area contributed by atoms with Gasteiger partial charge >= 0.3 is 0 Å². The average molecular weight is 625 g/mol. The number of aliphatic hydroxyl groups is 2. The van der Waals surface area contributed by atoms with Gasteiger partial charge in [-0.15, -0.1) is 0 Å². The Morgan fingerprint density at radius 2 is 1.74 bits per heavy atom. The zero-order valence-electron chi connectivity index (χ0n) is 26.7. The lowest BCUT2D eigenvalue weighted by atomic mass is 9.82. The molecule has 3 fully saturated rings. The van der Waals surface area contributed by atoms with Gasteiger partial charge in [0.05, 0.1) is 18.9 Å². The highest BCUT2D eigenvalue weighted by molar-refractivity contribution is 5.98. The Morgan fingerprint density at radius 1 is 0.957 bits per heavy atom. The minimum atomic E-state index is -0.550. The lowest BCUT2D eigenvalue weighted by Crippen LogP contribution is -2.37. The zero-order chi connectivity index (χ0) is 31.6. The van der Waals surface area contributed by atoms with E-state index in [0.29, 0.717) is 31.4 Å². The normalized spacial score (nSPS) is 19.2. The van der Waals surface area contributed by atoms with E-state index in [4.69, 9.17) is 14.5 Å². The molecule has 2 saturated heterocycles. The second-order valence-corrected chi connectivity index (χ2v) is 12.8. The smallest absolute Gasteiger partial charge is 0.206 e. The van der Waals surface area contributed by atoms with Gasteiger partial charge in [0.1, 0.15) is 36.5 Å². The number of hydrogen-bond donors (Lipinski definition) is 2. The third kappa shape index (κ3) is 5.99. The monoisotopic (exact) mass is 624 g/mol. The SMILES string of the molecule is Cn1c(-c2ccc(OCc3cc(N4CCCC4O)ccc3N3CCOCC3)cc2)c(C2CCCCC2)c2ccc(C(=O)CO)nc21. The van der Waals surface area contributed by atoms with E-state index in [0.717, 1.165) is 90.3 Å². The van der Waals surface area contributed by atoms with E-state index in [-0.39, 0.29) is 5.78 Å². The molecule has 2 aromatic carbocycles. The molecule has 7 rings (SSSR count). The van der Waals surface area contributed by atoms with Crippen molar-refractivity contribution in [1.82, 2.24) is 9.55 Å². The van der Waals surface area contributed by atoms with Crippen LogP contribution in [0.1, 0.15) is 72.5 Å². The van der Waals surface area contributed by atoms with Crippen LogP contribution in [0.3, 0.4) is 0 Å². The molecule has 1 unspecified atom stereocenters. The number of ether oxygens (including phenoxy) is 2. The molecule has 0 radical (unpaired) electrons. The fourth-order valence-corrected chi connectivity index (χ4v) is 7.62. The molecular weight excluding hydrogens is 580 g/mol. The molecule has 9 nitrogen and oxygen atoms in total. The van der Waals surface area contributed by atoms with Gasteiger partial charge in [-0.25, -0.2) is 4.98 Å². The van der Waals surface area contributed by atoms with Crippen LogP contribution in [-0.4, -0.2) is 71.2 Å². The fraction of sp³-hybridized carbons (Fsp3) is 0.459. The summed E-state index contributed by atoms with van der Waals surface area (Å²) in [5.41, 5.74) is 7.85. The first kappa shape index (κ1) is 30.7. The number of aryl methyl sites for hydroxylation is 1. The van der Waals surface area contributed by atoms with Crippen LogP contribution in [0.5, 0.6) is 5.75 Å². The maximum Gasteiger partial charge on any atom is 0.206 e. The number of hydrogen-bond acceptors (Lipinski definition) is 8. The maximum atomic E-state index is 12.3. The van der Waals surface area contributed by atoms with Crippen LogP contribution in [0.4, 0.5) is 11.4 Å². The van der Waals surface area contributed by atoms with Gasteiger partial charge in [0, 0.05) is 49.0 Å². The van der Waals surface area contributed by atoms with Crippen LogP contribution < -0.4 is 14.5 Å². The molecule has 3 aliphatic rings. The molecule has 1 saturated carbocycles. The Balaban J connectivity index is 1.18. The Kier molecular flexibility index (Phi) is 8.97. The number of nitrogens with zero attached hydrogens (tertiary/aromatic N) is 4. The van der Waals surface area contributed by atoms with Crippen LogP contribution in [0.25, 0.3) is 22.3 Å². The Hall–Kier alpha value is -3.92. The third-order valence-corrected chi connectivity index (χ3v) is 10.0. The molecule has 242 valence electrons. The minimum absolute atomic E-state index is 0.292. The average Bonchev–Trinajstić information content (AvgIpc) is 3.67. The summed E-state index contributed by atoms with van der Waals surface area (Å²) in [4.78, 5) is 21.4. The van der Waals surface area contributed by atoms with Crippen molar-refractivity contribution in [2.24, 2.45) is 7.05 Å². The Bertz CT molecular complexity index is 1690. The zero-order valence-corrected chi connectivity index (χ0v) is 26.7. The van der Waals surface area contributed by atoms with E-state index < -0.39 is 12.8 Å². The number of anilines is 2. The standard InChI is InChI=1S/C37H44N4O5/c1-39-36(35(25-6-3-2-4-7-25)30-14-15-31(33(43)23-42)38-37(30)39)26-9-12-29(13-10-26)46-24-27-22-28(41-17-5-8-34(41)44)11-16-32(27)40-18-20-45-21-19-40/h9-16,22,25,34,42,44H,2-8,17-21,23-24H2,1H3. The molecule has 0 amide bonds. The van der Waals surface area contributed by atoms with Crippen molar-refractivity contribution in [3.05, 3.63) is 71.4 Å². The summed E-state index contributed by atoms with van der Waals surface area (Å²) >= 11 is 0. The number of carbonyl (C=O) groups excluding carboxylic acids is 1. The topological polar surface area (TPSA) is 100 Å². The first-order chi connectivity index (χ1) is 22.5. The van der Waals surface area contributed by atoms with E-state index in [1.165, 1.54) is 24.8 Å². The van der Waals surface area contributed by atoms with Gasteiger partial charge in [-0.05, 0) is 97.3 Å². The lowest BCUT2D eigenvalue weighted by molar-refractivity contribution is 0.0899. The third-order valence-electron chi connectivity index (χ3n) is 10.0. The predicted octanol–water partition coefficient (Wildman–Crippen LogP) is 5.80. The van der Waals surface area contributed by atoms with E-state index in [9.17, 15) is 15.0 Å². The van der Waals surface area contributed by atoms with Crippen LogP contribution >= 0.6 is 0 Å². The van der Waals surface area contributed by atoms with Gasteiger partial charge < -0.3 is 34.1 Å². The highest BCUT2D eigenvalue weighted by Crippen LogP contribution is 2.43. The van der Waals surface area contributed by atoms with Gasteiger partial charge in [-0.2, -0.15) is 0 Å². The van der Waals surface area contributed by atoms with Crippen LogP contribution in [0, 0.1) is 0 Å². The fourth-order valence-electron chi connectivity index (χ4n) is 7.62. The molecular formula is C37H44N4O5. The summed E-state index contributed by atoms with van der Waals surface area (Å²) in [5.74, 6) is 0.851. The Labute approximate surface area is 270 Å². The number of Topliss-reactive ketones (excluding diaryl/α,β-unsaturated/α-hetero) is 1. The van der Waals surface area contributed by atoms with Crippen molar-refractivity contribution in [2.45, 2.75) is 63.7 Å². The molecule has 46 heavy (non-hydrogen) atoms. The van der Waals surface area contributed by atoms with Crippen molar-refractivity contribution in [3.8, 4) is 17.0 Å². The van der Waals surface area contributed by atoms with Crippen molar-refractivity contribution < 1.29 is 24.5 Å². The van der Waals surface area contributed by atoms with Gasteiger partial charge in [0.25, 0.3) is 0 Å². The number of carbonyl (C=O) groups is 1. The summed E-state index contributed by atoms with van der Waals surface area (Å²) in [6.07, 6.45) is 7.32. The molecule has 1 atom stereocenters. The molecule has 1 aliphatic carbocycles.